The number of piperazine rings is 1. The molecular formula is C24H34BN3O2. The molecule has 2 atom stereocenters. The fraction of sp³-hybridized carbons (Fsp3) is 0.542. The number of benzene rings is 1. The normalized spacial score (nSPS) is 25.6. The van der Waals surface area contributed by atoms with Crippen molar-refractivity contribution in [2.45, 2.75) is 71.8 Å². The van der Waals surface area contributed by atoms with Crippen LogP contribution in [0.3, 0.4) is 0 Å². The number of aryl methyl sites for hydroxylation is 1. The molecule has 0 radical (unpaired) electrons. The van der Waals surface area contributed by atoms with E-state index in [4.69, 9.17) is 14.3 Å². The summed E-state index contributed by atoms with van der Waals surface area (Å²) < 4.78 is 12.3. The van der Waals surface area contributed by atoms with Gasteiger partial charge < -0.3 is 19.5 Å². The first-order valence-corrected chi connectivity index (χ1v) is 11.0. The lowest BCUT2D eigenvalue weighted by Crippen LogP contribution is -2.54. The van der Waals surface area contributed by atoms with Gasteiger partial charge in [-0.3, -0.25) is 0 Å². The fourth-order valence-corrected chi connectivity index (χ4v) is 4.33. The molecule has 0 saturated carbocycles. The first kappa shape index (κ1) is 21.4. The molecule has 30 heavy (non-hydrogen) atoms. The van der Waals surface area contributed by atoms with E-state index in [1.807, 2.05) is 6.20 Å². The maximum absolute atomic E-state index is 6.17. The van der Waals surface area contributed by atoms with Crippen LogP contribution in [0.5, 0.6) is 0 Å². The molecule has 1 aromatic heterocycles. The molecule has 2 fully saturated rings. The zero-order chi connectivity index (χ0) is 21.7. The number of nitrogens with one attached hydrogen (secondary N) is 1. The third-order valence-corrected chi connectivity index (χ3v) is 6.72. The van der Waals surface area contributed by atoms with Crippen LogP contribution in [0.2, 0.25) is 0 Å². The molecule has 2 saturated heterocycles. The number of hydrogen-bond acceptors (Lipinski definition) is 5. The Morgan fingerprint density at radius 2 is 1.57 bits per heavy atom. The average molecular weight is 407 g/mol. The van der Waals surface area contributed by atoms with Gasteiger partial charge in [-0.15, -0.1) is 0 Å². The van der Waals surface area contributed by atoms with Gasteiger partial charge in [0.05, 0.1) is 11.2 Å². The molecule has 3 heterocycles. The Hall–Kier alpha value is -1.89. The minimum Gasteiger partial charge on any atom is -0.399 e. The maximum atomic E-state index is 6.17. The first-order valence-electron chi connectivity index (χ1n) is 11.0. The van der Waals surface area contributed by atoms with E-state index in [2.05, 4.69) is 89.0 Å². The molecule has 6 heteroatoms. The van der Waals surface area contributed by atoms with Crippen molar-refractivity contribution in [1.82, 2.24) is 10.3 Å². The zero-order valence-corrected chi connectivity index (χ0v) is 19.3. The zero-order valence-electron chi connectivity index (χ0n) is 19.3. The molecule has 1 N–H and O–H groups in total. The van der Waals surface area contributed by atoms with Crippen molar-refractivity contribution in [2.75, 3.05) is 18.0 Å². The first-order chi connectivity index (χ1) is 14.1. The Bertz CT molecular complexity index is 887. The van der Waals surface area contributed by atoms with Crippen molar-refractivity contribution in [3.63, 3.8) is 0 Å². The standard InChI is InChI=1S/C24H34BN3O2/c1-16-12-22(28-14-17(2)27-18(3)15-28)26-13-21(16)19-8-10-20(11-9-19)25-29-23(4,5)24(6,7)30-25/h8-13,17-18,27H,14-15H2,1-7H3. The van der Waals surface area contributed by atoms with Crippen LogP contribution in [0.15, 0.2) is 36.5 Å². The summed E-state index contributed by atoms with van der Waals surface area (Å²) in [6.07, 6.45) is 2.01. The van der Waals surface area contributed by atoms with Crippen LogP contribution >= 0.6 is 0 Å². The molecular weight excluding hydrogens is 373 g/mol. The van der Waals surface area contributed by atoms with Gasteiger partial charge in [0, 0.05) is 36.9 Å². The van der Waals surface area contributed by atoms with Crippen molar-refractivity contribution in [3.8, 4) is 11.1 Å². The van der Waals surface area contributed by atoms with Gasteiger partial charge in [0.15, 0.2) is 0 Å². The van der Waals surface area contributed by atoms with Crippen LogP contribution in [0.1, 0.15) is 47.1 Å². The monoisotopic (exact) mass is 407 g/mol. The average Bonchev–Trinajstić information content (AvgIpc) is 2.88. The Balaban J connectivity index is 1.52. The van der Waals surface area contributed by atoms with Gasteiger partial charge in [0.2, 0.25) is 0 Å². The molecule has 2 aromatic rings. The summed E-state index contributed by atoms with van der Waals surface area (Å²) in [5.74, 6) is 1.06. The number of anilines is 1. The highest BCUT2D eigenvalue weighted by Crippen LogP contribution is 2.36. The van der Waals surface area contributed by atoms with E-state index in [-0.39, 0.29) is 18.3 Å². The van der Waals surface area contributed by atoms with Gasteiger partial charge in [-0.2, -0.15) is 0 Å². The summed E-state index contributed by atoms with van der Waals surface area (Å²) in [5.41, 5.74) is 3.95. The topological polar surface area (TPSA) is 46.6 Å². The molecule has 1 aromatic carbocycles. The van der Waals surface area contributed by atoms with E-state index < -0.39 is 0 Å². The Morgan fingerprint density at radius 1 is 1.00 bits per heavy atom. The van der Waals surface area contributed by atoms with Crippen LogP contribution in [0.25, 0.3) is 11.1 Å². The SMILES string of the molecule is Cc1cc(N2CC(C)NC(C)C2)ncc1-c1ccc(B2OC(C)(C)C(C)(C)O2)cc1. The molecule has 2 aliphatic rings. The summed E-state index contributed by atoms with van der Waals surface area (Å²) in [6.45, 7) is 16.9. The lowest BCUT2D eigenvalue weighted by Gasteiger charge is -2.37. The molecule has 0 spiro atoms. The van der Waals surface area contributed by atoms with Crippen molar-refractivity contribution >= 4 is 18.4 Å². The smallest absolute Gasteiger partial charge is 0.399 e. The van der Waals surface area contributed by atoms with E-state index in [1.165, 1.54) is 5.56 Å². The van der Waals surface area contributed by atoms with E-state index in [1.54, 1.807) is 0 Å². The van der Waals surface area contributed by atoms with Gasteiger partial charge in [-0.25, -0.2) is 4.98 Å². The number of nitrogens with zero attached hydrogens (tertiary/aromatic N) is 2. The predicted molar refractivity (Wildman–Crippen MR) is 124 cm³/mol. The van der Waals surface area contributed by atoms with E-state index in [0.29, 0.717) is 12.1 Å². The lowest BCUT2D eigenvalue weighted by atomic mass is 9.78. The highest BCUT2D eigenvalue weighted by Gasteiger charge is 2.51. The van der Waals surface area contributed by atoms with E-state index in [0.717, 1.165) is 35.5 Å². The van der Waals surface area contributed by atoms with Crippen molar-refractivity contribution in [1.29, 1.82) is 0 Å². The summed E-state index contributed by atoms with van der Waals surface area (Å²) >= 11 is 0. The second-order valence-corrected chi connectivity index (χ2v) is 9.94. The largest absolute Gasteiger partial charge is 0.494 e. The fourth-order valence-electron chi connectivity index (χ4n) is 4.33. The molecule has 2 unspecified atom stereocenters. The van der Waals surface area contributed by atoms with Crippen LogP contribution in [0.4, 0.5) is 5.82 Å². The minimum atomic E-state index is -0.331. The number of pyridine rings is 1. The van der Waals surface area contributed by atoms with E-state index in [9.17, 15) is 0 Å². The van der Waals surface area contributed by atoms with Crippen LogP contribution in [0, 0.1) is 6.92 Å². The second-order valence-electron chi connectivity index (χ2n) is 9.94. The predicted octanol–water partition coefficient (Wildman–Crippen LogP) is 3.54. The lowest BCUT2D eigenvalue weighted by molar-refractivity contribution is 0.00578. The highest BCUT2D eigenvalue weighted by atomic mass is 16.7. The molecule has 4 rings (SSSR count). The Kier molecular flexibility index (Phi) is 5.46. The quantitative estimate of drug-likeness (QED) is 0.789. The van der Waals surface area contributed by atoms with Crippen LogP contribution < -0.4 is 15.7 Å². The second kappa shape index (κ2) is 7.67. The highest BCUT2D eigenvalue weighted by molar-refractivity contribution is 6.62. The van der Waals surface area contributed by atoms with Crippen molar-refractivity contribution in [2.24, 2.45) is 0 Å². The minimum absolute atomic E-state index is 0.328. The molecule has 0 bridgehead atoms. The van der Waals surface area contributed by atoms with E-state index >= 15 is 0 Å². The van der Waals surface area contributed by atoms with Gasteiger partial charge >= 0.3 is 7.12 Å². The Morgan fingerprint density at radius 3 is 2.10 bits per heavy atom. The third kappa shape index (κ3) is 4.01. The van der Waals surface area contributed by atoms with Gasteiger partial charge in [-0.1, -0.05) is 24.3 Å². The summed E-state index contributed by atoms with van der Waals surface area (Å²) in [7, 11) is -0.331. The van der Waals surface area contributed by atoms with Crippen LogP contribution in [-0.4, -0.2) is 48.5 Å². The molecule has 0 aliphatic carbocycles. The molecule has 0 amide bonds. The van der Waals surface area contributed by atoms with Crippen LogP contribution in [-0.2, 0) is 9.31 Å². The molecule has 5 nitrogen and oxygen atoms in total. The van der Waals surface area contributed by atoms with Crippen molar-refractivity contribution < 1.29 is 9.31 Å². The van der Waals surface area contributed by atoms with Crippen molar-refractivity contribution in [3.05, 3.63) is 42.1 Å². The molecule has 2 aliphatic heterocycles. The number of hydrogen-bond donors (Lipinski definition) is 1. The van der Waals surface area contributed by atoms with Gasteiger partial charge in [0.25, 0.3) is 0 Å². The molecule has 160 valence electrons. The number of rotatable bonds is 3. The Labute approximate surface area is 181 Å². The third-order valence-electron chi connectivity index (χ3n) is 6.72. The summed E-state index contributed by atoms with van der Waals surface area (Å²) in [4.78, 5) is 7.17. The maximum Gasteiger partial charge on any atom is 0.494 e. The summed E-state index contributed by atoms with van der Waals surface area (Å²) in [5, 5.41) is 3.58. The number of aromatic nitrogens is 1. The summed E-state index contributed by atoms with van der Waals surface area (Å²) in [6, 6.07) is 11.6. The van der Waals surface area contributed by atoms with Gasteiger partial charge in [0.1, 0.15) is 5.82 Å². The van der Waals surface area contributed by atoms with Gasteiger partial charge in [-0.05, 0) is 71.1 Å².